The average molecular weight is 467 g/mol. The van der Waals surface area contributed by atoms with Gasteiger partial charge in [0.1, 0.15) is 12.0 Å². The number of allylic oxidation sites excluding steroid dienone is 3. The van der Waals surface area contributed by atoms with Gasteiger partial charge in [-0.05, 0) is 73.6 Å². The second-order valence-corrected chi connectivity index (χ2v) is 9.74. The van der Waals surface area contributed by atoms with E-state index in [0.29, 0.717) is 5.92 Å². The first-order chi connectivity index (χ1) is 17.1. The first kappa shape index (κ1) is 23.5. The van der Waals surface area contributed by atoms with E-state index in [1.54, 1.807) is 0 Å². The molecule has 4 unspecified atom stereocenters. The van der Waals surface area contributed by atoms with Crippen molar-refractivity contribution in [1.29, 1.82) is 0 Å². The van der Waals surface area contributed by atoms with E-state index >= 15 is 0 Å². The van der Waals surface area contributed by atoms with E-state index < -0.39 is 5.92 Å². The van der Waals surface area contributed by atoms with E-state index in [0.717, 1.165) is 64.5 Å². The molecule has 0 spiro atoms. The van der Waals surface area contributed by atoms with Gasteiger partial charge in [0.2, 0.25) is 0 Å². The molecule has 3 aromatic rings. The number of carbonyl (C=O) groups excluding carboxylic acids is 1. The molecule has 4 heteroatoms. The predicted octanol–water partition coefficient (Wildman–Crippen LogP) is 6.74. The average Bonchev–Trinajstić information content (AvgIpc) is 3.19. The van der Waals surface area contributed by atoms with Crippen molar-refractivity contribution in [3.63, 3.8) is 0 Å². The Labute approximate surface area is 208 Å². The number of hydrogen-bond donors (Lipinski definition) is 1. The van der Waals surface area contributed by atoms with E-state index in [4.69, 9.17) is 4.74 Å². The molecule has 35 heavy (non-hydrogen) atoms. The van der Waals surface area contributed by atoms with E-state index in [-0.39, 0.29) is 18.1 Å². The molecule has 4 nitrogen and oxygen atoms in total. The number of hydrogen-bond acceptors (Lipinski definition) is 4. The third-order valence-corrected chi connectivity index (χ3v) is 7.73. The molecule has 0 bridgehead atoms. The summed E-state index contributed by atoms with van der Waals surface area (Å²) in [5, 5.41) is 4.76. The van der Waals surface area contributed by atoms with Gasteiger partial charge in [0.25, 0.3) is 0 Å². The van der Waals surface area contributed by atoms with Crippen molar-refractivity contribution in [3.05, 3.63) is 95.2 Å². The number of aromatic nitrogens is 1. The Morgan fingerprint density at radius 2 is 1.94 bits per heavy atom. The summed E-state index contributed by atoms with van der Waals surface area (Å²) in [5.41, 5.74) is 6.28. The number of piperidine rings is 1. The lowest BCUT2D eigenvalue weighted by atomic mass is 9.87. The maximum absolute atomic E-state index is 14.0. The van der Waals surface area contributed by atoms with Crippen molar-refractivity contribution >= 4 is 22.4 Å². The van der Waals surface area contributed by atoms with Crippen molar-refractivity contribution < 1.29 is 9.53 Å². The molecule has 2 heterocycles. The predicted molar refractivity (Wildman–Crippen MR) is 142 cm³/mol. The number of benzene rings is 2. The van der Waals surface area contributed by atoms with Crippen molar-refractivity contribution in [1.82, 2.24) is 10.3 Å². The number of carbonyl (C=O) groups is 1. The van der Waals surface area contributed by atoms with E-state index in [9.17, 15) is 4.79 Å². The lowest BCUT2D eigenvalue weighted by molar-refractivity contribution is -0.152. The quantitative estimate of drug-likeness (QED) is 0.409. The highest BCUT2D eigenvalue weighted by Crippen LogP contribution is 2.44. The molecule has 0 amide bonds. The van der Waals surface area contributed by atoms with E-state index in [2.05, 4.69) is 48.4 Å². The van der Waals surface area contributed by atoms with Crippen LogP contribution in [0.15, 0.2) is 78.5 Å². The Balaban J connectivity index is 1.53. The summed E-state index contributed by atoms with van der Waals surface area (Å²) >= 11 is 0. The van der Waals surface area contributed by atoms with Crippen LogP contribution in [0.3, 0.4) is 0 Å². The largest absolute Gasteiger partial charge is 0.455 e. The van der Waals surface area contributed by atoms with Crippen LogP contribution in [-0.4, -0.2) is 23.5 Å². The smallest absolute Gasteiger partial charge is 0.318 e. The molecule has 1 aromatic heterocycles. The molecule has 1 saturated heterocycles. The second kappa shape index (κ2) is 10.2. The minimum atomic E-state index is -0.412. The number of ether oxygens (including phenoxy) is 1. The van der Waals surface area contributed by atoms with Crippen LogP contribution in [0.5, 0.6) is 0 Å². The van der Waals surface area contributed by atoms with Gasteiger partial charge in [-0.2, -0.15) is 0 Å². The fourth-order valence-electron chi connectivity index (χ4n) is 5.75. The molecule has 1 fully saturated rings. The summed E-state index contributed by atoms with van der Waals surface area (Å²) in [6.07, 6.45) is 8.79. The van der Waals surface area contributed by atoms with Gasteiger partial charge in [0.05, 0.1) is 5.52 Å². The number of nitrogens with one attached hydrogen (secondary N) is 1. The normalized spacial score (nSPS) is 23.0. The SMILES string of the molecule is C/C=C\C1=C(C)c2ccccc2C1C(=O)OC(c1ccnc2ccccc12)C1CCC(CC)CN1. The Morgan fingerprint density at radius 1 is 1.14 bits per heavy atom. The topological polar surface area (TPSA) is 51.2 Å². The first-order valence-electron chi connectivity index (χ1n) is 12.8. The number of fused-ring (bicyclic) bond motifs is 2. The van der Waals surface area contributed by atoms with Gasteiger partial charge in [-0.15, -0.1) is 0 Å². The van der Waals surface area contributed by atoms with Crippen LogP contribution in [-0.2, 0) is 9.53 Å². The summed E-state index contributed by atoms with van der Waals surface area (Å²) in [6, 6.07) is 18.4. The molecular formula is C31H34N2O2. The zero-order valence-electron chi connectivity index (χ0n) is 20.8. The van der Waals surface area contributed by atoms with Crippen LogP contribution < -0.4 is 5.32 Å². The summed E-state index contributed by atoms with van der Waals surface area (Å²) in [4.78, 5) is 18.5. The highest BCUT2D eigenvalue weighted by atomic mass is 16.5. The molecule has 0 saturated carbocycles. The number of rotatable bonds is 6. The van der Waals surface area contributed by atoms with E-state index in [1.165, 1.54) is 0 Å². The van der Waals surface area contributed by atoms with Crippen LogP contribution in [0.1, 0.15) is 68.7 Å². The van der Waals surface area contributed by atoms with Crippen molar-refractivity contribution in [3.8, 4) is 0 Å². The zero-order valence-corrected chi connectivity index (χ0v) is 20.8. The first-order valence-corrected chi connectivity index (χ1v) is 12.8. The highest BCUT2D eigenvalue weighted by Gasteiger charge is 2.38. The molecule has 4 atom stereocenters. The second-order valence-electron chi connectivity index (χ2n) is 9.74. The molecule has 180 valence electrons. The van der Waals surface area contributed by atoms with Crippen LogP contribution in [0.2, 0.25) is 0 Å². The lowest BCUT2D eigenvalue weighted by Crippen LogP contribution is -2.44. The van der Waals surface area contributed by atoms with Gasteiger partial charge in [0, 0.05) is 23.2 Å². The van der Waals surface area contributed by atoms with Gasteiger partial charge in [-0.3, -0.25) is 9.78 Å². The van der Waals surface area contributed by atoms with Crippen molar-refractivity contribution in [2.24, 2.45) is 5.92 Å². The van der Waals surface area contributed by atoms with Gasteiger partial charge in [-0.25, -0.2) is 0 Å². The molecule has 2 aromatic carbocycles. The van der Waals surface area contributed by atoms with Crippen molar-refractivity contribution in [2.45, 2.75) is 58.1 Å². The standard InChI is InChI=1S/C31H34N2O2/c1-4-10-23-20(3)22-11-6-7-13-25(22)29(23)31(34)35-30(28-16-15-21(5-2)19-33-28)26-17-18-32-27-14-9-8-12-24(26)27/h4,6-14,17-18,21,28-30,33H,5,15-16,19H2,1-3H3/b10-4-. The Hall–Kier alpha value is -3.24. The minimum Gasteiger partial charge on any atom is -0.455 e. The Kier molecular flexibility index (Phi) is 6.83. The zero-order chi connectivity index (χ0) is 24.4. The monoisotopic (exact) mass is 466 g/mol. The van der Waals surface area contributed by atoms with Crippen LogP contribution in [0, 0.1) is 5.92 Å². The van der Waals surface area contributed by atoms with Gasteiger partial charge in [0.15, 0.2) is 0 Å². The third-order valence-electron chi connectivity index (χ3n) is 7.73. The van der Waals surface area contributed by atoms with Gasteiger partial charge >= 0.3 is 5.97 Å². The third kappa shape index (κ3) is 4.43. The number of nitrogens with zero attached hydrogens (tertiary/aromatic N) is 1. The number of para-hydroxylation sites is 1. The molecule has 2 aliphatic rings. The molecular weight excluding hydrogens is 432 g/mol. The molecule has 5 rings (SSSR count). The Morgan fingerprint density at radius 3 is 2.71 bits per heavy atom. The molecule has 1 aliphatic heterocycles. The number of esters is 1. The highest BCUT2D eigenvalue weighted by molar-refractivity contribution is 5.94. The van der Waals surface area contributed by atoms with Crippen LogP contribution in [0.4, 0.5) is 0 Å². The van der Waals surface area contributed by atoms with Crippen LogP contribution >= 0.6 is 0 Å². The minimum absolute atomic E-state index is 0.0689. The van der Waals surface area contributed by atoms with E-state index in [1.807, 2.05) is 55.6 Å². The van der Waals surface area contributed by atoms with Crippen molar-refractivity contribution in [2.75, 3.05) is 6.54 Å². The maximum Gasteiger partial charge on any atom is 0.318 e. The van der Waals surface area contributed by atoms with Gasteiger partial charge in [-0.1, -0.05) is 68.0 Å². The van der Waals surface area contributed by atoms with Gasteiger partial charge < -0.3 is 10.1 Å². The molecule has 0 radical (unpaired) electrons. The summed E-state index contributed by atoms with van der Waals surface area (Å²) in [6.45, 7) is 7.29. The molecule has 1 aliphatic carbocycles. The maximum atomic E-state index is 14.0. The molecule has 1 N–H and O–H groups in total. The lowest BCUT2D eigenvalue weighted by Gasteiger charge is -2.35. The summed E-state index contributed by atoms with van der Waals surface area (Å²) in [7, 11) is 0. The fraction of sp³-hybridized carbons (Fsp3) is 0.355. The number of pyridine rings is 1. The van der Waals surface area contributed by atoms with Crippen LogP contribution in [0.25, 0.3) is 16.5 Å². The fourth-order valence-corrected chi connectivity index (χ4v) is 5.75. The summed E-state index contributed by atoms with van der Waals surface area (Å²) in [5.74, 6) is 0.0723. The Bertz CT molecular complexity index is 1280. The summed E-state index contributed by atoms with van der Waals surface area (Å²) < 4.78 is 6.52.